The summed E-state index contributed by atoms with van der Waals surface area (Å²) in [5.74, 6) is 0.484. The molecule has 74 valence electrons. The van der Waals surface area contributed by atoms with Crippen LogP contribution in [-0.4, -0.2) is 22.6 Å². The minimum Gasteiger partial charge on any atom is -0.508 e. The van der Waals surface area contributed by atoms with Crippen LogP contribution >= 0.6 is 0 Å². The van der Waals surface area contributed by atoms with Gasteiger partial charge in [-0.3, -0.25) is 4.90 Å². The molecule has 0 saturated heterocycles. The summed E-state index contributed by atoms with van der Waals surface area (Å²) < 4.78 is 0. The maximum atomic E-state index is 9.68. The number of fused-ring (bicyclic) bond motifs is 1. The molecular weight excluding hydrogens is 174 g/mol. The van der Waals surface area contributed by atoms with Crippen molar-refractivity contribution in [2.24, 2.45) is 0 Å². The highest BCUT2D eigenvalue weighted by atomic mass is 16.3. The van der Waals surface area contributed by atoms with Gasteiger partial charge in [0.1, 0.15) is 5.75 Å². The zero-order valence-electron chi connectivity index (χ0n) is 8.24. The summed E-state index contributed by atoms with van der Waals surface area (Å²) in [5.41, 5.74) is 2.49. The molecule has 1 N–H and O–H groups in total. The van der Waals surface area contributed by atoms with Crippen molar-refractivity contribution in [2.75, 3.05) is 6.54 Å². The van der Waals surface area contributed by atoms with Crippen LogP contribution in [0.25, 0.3) is 0 Å². The van der Waals surface area contributed by atoms with Crippen LogP contribution in [0.4, 0.5) is 0 Å². The molecule has 0 bridgehead atoms. The van der Waals surface area contributed by atoms with Crippen molar-refractivity contribution in [1.82, 2.24) is 4.90 Å². The van der Waals surface area contributed by atoms with E-state index in [1.54, 1.807) is 6.07 Å². The van der Waals surface area contributed by atoms with Crippen molar-refractivity contribution in [1.29, 1.82) is 0 Å². The molecule has 2 nitrogen and oxygen atoms in total. The Hall–Kier alpha value is -1.02. The van der Waals surface area contributed by atoms with Gasteiger partial charge in [0.15, 0.2) is 0 Å². The lowest BCUT2D eigenvalue weighted by atomic mass is 9.99. The first-order chi connectivity index (χ1) is 6.84. The fourth-order valence-corrected chi connectivity index (χ4v) is 2.36. The van der Waals surface area contributed by atoms with Gasteiger partial charge in [0.05, 0.1) is 0 Å². The van der Waals surface area contributed by atoms with Crippen LogP contribution in [0, 0.1) is 0 Å². The number of aromatic hydroxyl groups is 1. The maximum Gasteiger partial charge on any atom is 0.119 e. The predicted molar refractivity (Wildman–Crippen MR) is 55.2 cm³/mol. The summed E-state index contributed by atoms with van der Waals surface area (Å²) in [6.07, 6.45) is 3.75. The summed E-state index contributed by atoms with van der Waals surface area (Å²) in [4.78, 5) is 2.54. The fraction of sp³-hybridized carbons (Fsp3) is 0.500. The molecule has 3 rings (SSSR count). The molecule has 1 fully saturated rings. The third-order valence-electron chi connectivity index (χ3n) is 3.33. The van der Waals surface area contributed by atoms with Gasteiger partial charge in [-0.15, -0.1) is 0 Å². The number of nitrogens with zero attached hydrogens (tertiary/aromatic N) is 1. The van der Waals surface area contributed by atoms with Crippen LogP contribution in [0.1, 0.15) is 24.0 Å². The Balaban J connectivity index is 1.90. The zero-order chi connectivity index (χ0) is 9.54. The number of phenolic OH excluding ortho intramolecular Hbond substituents is 1. The Kier molecular flexibility index (Phi) is 1.77. The molecular formula is C12H15NO. The molecule has 1 saturated carbocycles. The largest absolute Gasteiger partial charge is 0.508 e. The number of phenols is 1. The zero-order valence-corrected chi connectivity index (χ0v) is 8.24. The third kappa shape index (κ3) is 1.30. The van der Waals surface area contributed by atoms with Gasteiger partial charge in [0, 0.05) is 19.1 Å². The number of benzene rings is 1. The van der Waals surface area contributed by atoms with E-state index in [-0.39, 0.29) is 0 Å². The first-order valence-corrected chi connectivity index (χ1v) is 5.38. The van der Waals surface area contributed by atoms with E-state index in [9.17, 15) is 5.11 Å². The summed E-state index contributed by atoms with van der Waals surface area (Å²) in [6, 6.07) is 6.73. The van der Waals surface area contributed by atoms with E-state index in [1.807, 2.05) is 6.07 Å². The van der Waals surface area contributed by atoms with Crippen LogP contribution in [-0.2, 0) is 13.0 Å². The second-order valence-electron chi connectivity index (χ2n) is 4.37. The molecule has 1 aliphatic carbocycles. The average molecular weight is 189 g/mol. The molecule has 2 aliphatic rings. The van der Waals surface area contributed by atoms with E-state index < -0.39 is 0 Å². The highest BCUT2D eigenvalue weighted by Crippen LogP contribution is 2.33. The Morgan fingerprint density at radius 2 is 2.14 bits per heavy atom. The van der Waals surface area contributed by atoms with E-state index in [0.717, 1.165) is 25.6 Å². The van der Waals surface area contributed by atoms with Gasteiger partial charge in [-0.2, -0.15) is 0 Å². The van der Waals surface area contributed by atoms with E-state index in [4.69, 9.17) is 0 Å². The van der Waals surface area contributed by atoms with Crippen LogP contribution in [0.2, 0.25) is 0 Å². The Bertz CT molecular complexity index is 357. The molecule has 0 spiro atoms. The van der Waals surface area contributed by atoms with E-state index >= 15 is 0 Å². The second kappa shape index (κ2) is 2.99. The van der Waals surface area contributed by atoms with E-state index in [0.29, 0.717) is 5.75 Å². The SMILES string of the molecule is Oc1cccc2c1CCN(C1CC1)C2. The lowest BCUT2D eigenvalue weighted by Gasteiger charge is -2.28. The molecule has 14 heavy (non-hydrogen) atoms. The molecule has 0 atom stereocenters. The van der Waals surface area contributed by atoms with Gasteiger partial charge in [-0.25, -0.2) is 0 Å². The quantitative estimate of drug-likeness (QED) is 0.729. The fourth-order valence-electron chi connectivity index (χ4n) is 2.36. The standard InChI is InChI=1S/C12H15NO/c14-12-3-1-2-9-8-13(10-4-5-10)7-6-11(9)12/h1-3,10,14H,4-8H2. The Labute approximate surface area is 84.2 Å². The van der Waals surface area contributed by atoms with Crippen molar-refractivity contribution < 1.29 is 5.11 Å². The number of hydrogen-bond acceptors (Lipinski definition) is 2. The molecule has 0 amide bonds. The van der Waals surface area contributed by atoms with Gasteiger partial charge in [0.25, 0.3) is 0 Å². The summed E-state index contributed by atoms with van der Waals surface area (Å²) in [7, 11) is 0. The van der Waals surface area contributed by atoms with Gasteiger partial charge in [-0.1, -0.05) is 12.1 Å². The first-order valence-electron chi connectivity index (χ1n) is 5.38. The molecule has 0 aromatic heterocycles. The molecule has 2 heteroatoms. The summed E-state index contributed by atoms with van der Waals surface area (Å²) in [5, 5.41) is 9.68. The van der Waals surface area contributed by atoms with Gasteiger partial charge in [-0.05, 0) is 36.5 Å². The first kappa shape index (κ1) is 8.30. The van der Waals surface area contributed by atoms with Crippen LogP contribution in [0.3, 0.4) is 0 Å². The molecule has 0 unspecified atom stereocenters. The summed E-state index contributed by atoms with van der Waals surface area (Å²) >= 11 is 0. The normalized spacial score (nSPS) is 22.0. The second-order valence-corrected chi connectivity index (χ2v) is 4.37. The monoisotopic (exact) mass is 189 g/mol. The molecule has 1 aliphatic heterocycles. The third-order valence-corrected chi connectivity index (χ3v) is 3.33. The molecule has 1 aromatic carbocycles. The average Bonchev–Trinajstić information content (AvgIpc) is 3.01. The minimum atomic E-state index is 0.484. The van der Waals surface area contributed by atoms with E-state index in [1.165, 1.54) is 24.0 Å². The van der Waals surface area contributed by atoms with Crippen molar-refractivity contribution in [3.63, 3.8) is 0 Å². The van der Waals surface area contributed by atoms with Crippen LogP contribution < -0.4 is 0 Å². The van der Waals surface area contributed by atoms with Gasteiger partial charge < -0.3 is 5.11 Å². The topological polar surface area (TPSA) is 23.5 Å². The smallest absolute Gasteiger partial charge is 0.119 e. The molecule has 0 radical (unpaired) electrons. The lowest BCUT2D eigenvalue weighted by molar-refractivity contribution is 0.241. The maximum absolute atomic E-state index is 9.68. The molecule has 1 aromatic rings. The van der Waals surface area contributed by atoms with Crippen molar-refractivity contribution in [3.05, 3.63) is 29.3 Å². The predicted octanol–water partition coefficient (Wildman–Crippen LogP) is 1.91. The van der Waals surface area contributed by atoms with Gasteiger partial charge in [0.2, 0.25) is 0 Å². The summed E-state index contributed by atoms with van der Waals surface area (Å²) in [6.45, 7) is 2.16. The van der Waals surface area contributed by atoms with Crippen LogP contribution in [0.15, 0.2) is 18.2 Å². The van der Waals surface area contributed by atoms with Crippen molar-refractivity contribution >= 4 is 0 Å². The highest BCUT2D eigenvalue weighted by molar-refractivity contribution is 5.40. The lowest BCUT2D eigenvalue weighted by Crippen LogP contribution is -2.32. The molecule has 1 heterocycles. The van der Waals surface area contributed by atoms with Crippen molar-refractivity contribution in [2.45, 2.75) is 31.8 Å². The van der Waals surface area contributed by atoms with Gasteiger partial charge >= 0.3 is 0 Å². The Morgan fingerprint density at radius 3 is 2.93 bits per heavy atom. The van der Waals surface area contributed by atoms with E-state index in [2.05, 4.69) is 11.0 Å². The van der Waals surface area contributed by atoms with Crippen LogP contribution in [0.5, 0.6) is 5.75 Å². The van der Waals surface area contributed by atoms with Crippen molar-refractivity contribution in [3.8, 4) is 5.75 Å². The Morgan fingerprint density at radius 1 is 1.29 bits per heavy atom. The minimum absolute atomic E-state index is 0.484. The number of hydrogen-bond donors (Lipinski definition) is 1. The number of rotatable bonds is 1. The highest BCUT2D eigenvalue weighted by Gasteiger charge is 2.31.